The number of halogens is 2. The molecule has 2 N–H and O–H groups in total. The summed E-state index contributed by atoms with van der Waals surface area (Å²) in [6, 6.07) is 22.8. The molecule has 0 bridgehead atoms. The molecule has 3 rings (SSSR count). The largest absolute Gasteiger partial charge is 0.494 e. The molecular weight excluding hydrogens is 407 g/mol. The first-order valence-corrected chi connectivity index (χ1v) is 10.1. The lowest BCUT2D eigenvalue weighted by Crippen LogP contribution is -2.21. The van der Waals surface area contributed by atoms with Gasteiger partial charge in [-0.05, 0) is 60.9 Å². The normalized spacial score (nSPS) is 10.4. The first-order valence-electron chi connectivity index (χ1n) is 9.35. The number of hydrogen-bond donors (Lipinski definition) is 2. The number of aryl methyl sites for hydroxylation is 1. The third-order valence-corrected chi connectivity index (χ3v) is 4.61. The van der Waals surface area contributed by atoms with E-state index in [2.05, 4.69) is 22.8 Å². The molecule has 0 spiro atoms. The molecule has 0 heterocycles. The summed E-state index contributed by atoms with van der Waals surface area (Å²) in [6.07, 6.45) is 1.95. The second-order valence-electron chi connectivity index (χ2n) is 6.52. The lowest BCUT2D eigenvalue weighted by atomic mass is 10.1. The smallest absolute Gasteiger partial charge is 0.243 e. The Morgan fingerprint density at radius 1 is 0.862 bits per heavy atom. The topological polar surface area (TPSA) is 50.4 Å². The monoisotopic (exact) mass is 428 g/mol. The fraction of sp³-hybridized carbons (Fsp3) is 0.174. The third kappa shape index (κ3) is 7.33. The van der Waals surface area contributed by atoms with Gasteiger partial charge in [0.25, 0.3) is 0 Å². The number of benzene rings is 3. The van der Waals surface area contributed by atoms with Crippen molar-refractivity contribution < 1.29 is 9.53 Å². The molecule has 0 fully saturated rings. The Morgan fingerprint density at radius 2 is 1.55 bits per heavy atom. The highest BCUT2D eigenvalue weighted by atomic mass is 35.5. The van der Waals surface area contributed by atoms with Gasteiger partial charge in [-0.1, -0.05) is 53.5 Å². The number of anilines is 2. The summed E-state index contributed by atoms with van der Waals surface area (Å²) >= 11 is 11.9. The Bertz CT molecular complexity index is 911. The summed E-state index contributed by atoms with van der Waals surface area (Å²) in [5.41, 5.74) is 2.71. The van der Waals surface area contributed by atoms with Gasteiger partial charge in [-0.3, -0.25) is 4.79 Å². The number of hydrogen-bond acceptors (Lipinski definition) is 3. The molecular formula is C23H22Cl2N2O2. The standard InChI is InChI=1S/C23H22Cl2N2O2/c24-18-13-19(25)15-21(14-18)27-23(28)16-26-20-8-10-22(11-9-20)29-12-4-7-17-5-2-1-3-6-17/h1-3,5-6,8-11,13-15,26H,4,7,12,16H2,(H,27,28). The van der Waals surface area contributed by atoms with Crippen LogP contribution in [0.4, 0.5) is 11.4 Å². The van der Waals surface area contributed by atoms with Crippen molar-refractivity contribution in [1.29, 1.82) is 0 Å². The molecule has 0 radical (unpaired) electrons. The average molecular weight is 429 g/mol. The van der Waals surface area contributed by atoms with Crippen molar-refractivity contribution >= 4 is 40.5 Å². The maximum absolute atomic E-state index is 12.1. The van der Waals surface area contributed by atoms with Gasteiger partial charge >= 0.3 is 0 Å². The summed E-state index contributed by atoms with van der Waals surface area (Å²) in [4.78, 5) is 12.1. The molecule has 0 aliphatic heterocycles. The molecule has 0 atom stereocenters. The van der Waals surface area contributed by atoms with E-state index < -0.39 is 0 Å². The van der Waals surface area contributed by atoms with Crippen LogP contribution < -0.4 is 15.4 Å². The number of nitrogens with one attached hydrogen (secondary N) is 2. The lowest BCUT2D eigenvalue weighted by molar-refractivity contribution is -0.114. The minimum atomic E-state index is -0.190. The van der Waals surface area contributed by atoms with Crippen LogP contribution >= 0.6 is 23.2 Å². The van der Waals surface area contributed by atoms with Crippen LogP contribution in [0.2, 0.25) is 10.0 Å². The van der Waals surface area contributed by atoms with Crippen LogP contribution in [0.5, 0.6) is 5.75 Å². The van der Waals surface area contributed by atoms with Gasteiger partial charge in [0.2, 0.25) is 5.91 Å². The van der Waals surface area contributed by atoms with Crippen LogP contribution in [0.25, 0.3) is 0 Å². The number of carbonyl (C=O) groups is 1. The molecule has 150 valence electrons. The van der Waals surface area contributed by atoms with Gasteiger partial charge in [0.15, 0.2) is 0 Å². The van der Waals surface area contributed by atoms with E-state index in [9.17, 15) is 4.79 Å². The van der Waals surface area contributed by atoms with E-state index in [0.717, 1.165) is 24.3 Å². The summed E-state index contributed by atoms with van der Waals surface area (Å²) in [5.74, 6) is 0.617. The zero-order valence-corrected chi connectivity index (χ0v) is 17.3. The van der Waals surface area contributed by atoms with Crippen molar-refractivity contribution in [3.05, 3.63) is 88.4 Å². The molecule has 3 aromatic carbocycles. The van der Waals surface area contributed by atoms with Crippen LogP contribution in [0.1, 0.15) is 12.0 Å². The van der Waals surface area contributed by atoms with Crippen LogP contribution in [0.3, 0.4) is 0 Å². The molecule has 0 saturated heterocycles. The van der Waals surface area contributed by atoms with Crippen molar-refractivity contribution in [2.45, 2.75) is 12.8 Å². The van der Waals surface area contributed by atoms with E-state index in [1.807, 2.05) is 42.5 Å². The average Bonchev–Trinajstić information content (AvgIpc) is 2.70. The fourth-order valence-electron chi connectivity index (χ4n) is 2.79. The second kappa shape index (κ2) is 10.7. The SMILES string of the molecule is O=C(CNc1ccc(OCCCc2ccccc2)cc1)Nc1cc(Cl)cc(Cl)c1. The van der Waals surface area contributed by atoms with Crippen LogP contribution in [-0.4, -0.2) is 19.1 Å². The maximum Gasteiger partial charge on any atom is 0.243 e. The lowest BCUT2D eigenvalue weighted by Gasteiger charge is -2.10. The highest BCUT2D eigenvalue weighted by molar-refractivity contribution is 6.35. The third-order valence-electron chi connectivity index (χ3n) is 4.18. The summed E-state index contributed by atoms with van der Waals surface area (Å²) < 4.78 is 5.78. The van der Waals surface area contributed by atoms with E-state index in [1.165, 1.54) is 5.56 Å². The molecule has 0 aliphatic rings. The van der Waals surface area contributed by atoms with Crippen LogP contribution in [0, 0.1) is 0 Å². The van der Waals surface area contributed by atoms with Gasteiger partial charge in [0.05, 0.1) is 13.2 Å². The maximum atomic E-state index is 12.1. The zero-order valence-electron chi connectivity index (χ0n) is 15.8. The van der Waals surface area contributed by atoms with Gasteiger partial charge in [-0.15, -0.1) is 0 Å². The van der Waals surface area contributed by atoms with E-state index in [-0.39, 0.29) is 12.5 Å². The second-order valence-corrected chi connectivity index (χ2v) is 7.39. The predicted octanol–water partition coefficient (Wildman–Crippen LogP) is 6.06. The minimum absolute atomic E-state index is 0.126. The fourth-order valence-corrected chi connectivity index (χ4v) is 3.32. The van der Waals surface area contributed by atoms with Gasteiger partial charge in [-0.25, -0.2) is 0 Å². The quantitative estimate of drug-likeness (QED) is 0.407. The molecule has 6 heteroatoms. The van der Waals surface area contributed by atoms with E-state index in [4.69, 9.17) is 27.9 Å². The highest BCUT2D eigenvalue weighted by Gasteiger charge is 2.05. The van der Waals surface area contributed by atoms with Gasteiger partial charge < -0.3 is 15.4 Å². The predicted molar refractivity (Wildman–Crippen MR) is 120 cm³/mol. The molecule has 0 saturated carbocycles. The van der Waals surface area contributed by atoms with E-state index >= 15 is 0 Å². The molecule has 0 aromatic heterocycles. The number of ether oxygens (including phenoxy) is 1. The Hall–Kier alpha value is -2.69. The van der Waals surface area contributed by atoms with Crippen molar-refractivity contribution in [2.24, 2.45) is 0 Å². The first kappa shape index (κ1) is 21.0. The van der Waals surface area contributed by atoms with E-state index in [1.54, 1.807) is 18.2 Å². The van der Waals surface area contributed by atoms with Crippen LogP contribution in [-0.2, 0) is 11.2 Å². The van der Waals surface area contributed by atoms with Crippen molar-refractivity contribution in [1.82, 2.24) is 0 Å². The van der Waals surface area contributed by atoms with Gasteiger partial charge in [-0.2, -0.15) is 0 Å². The highest BCUT2D eigenvalue weighted by Crippen LogP contribution is 2.22. The zero-order chi connectivity index (χ0) is 20.5. The van der Waals surface area contributed by atoms with Crippen LogP contribution in [0.15, 0.2) is 72.8 Å². The van der Waals surface area contributed by atoms with E-state index in [0.29, 0.717) is 22.3 Å². The molecule has 3 aromatic rings. The Balaban J connectivity index is 1.39. The molecule has 29 heavy (non-hydrogen) atoms. The summed E-state index contributed by atoms with van der Waals surface area (Å²) in [6.45, 7) is 0.785. The van der Waals surface area contributed by atoms with Gasteiger partial charge in [0.1, 0.15) is 5.75 Å². The summed E-state index contributed by atoms with van der Waals surface area (Å²) in [7, 11) is 0. The Morgan fingerprint density at radius 3 is 2.24 bits per heavy atom. The van der Waals surface area contributed by atoms with Gasteiger partial charge in [0, 0.05) is 21.4 Å². The molecule has 0 unspecified atom stereocenters. The van der Waals surface area contributed by atoms with Crippen molar-refractivity contribution in [2.75, 3.05) is 23.8 Å². The Kier molecular flexibility index (Phi) is 7.79. The Labute approximate surface area is 180 Å². The minimum Gasteiger partial charge on any atom is -0.494 e. The molecule has 4 nitrogen and oxygen atoms in total. The number of amides is 1. The summed E-state index contributed by atoms with van der Waals surface area (Å²) in [5, 5.41) is 6.78. The van der Waals surface area contributed by atoms with Crippen molar-refractivity contribution in [3.8, 4) is 5.75 Å². The number of carbonyl (C=O) groups excluding carboxylic acids is 1. The molecule has 1 amide bonds. The molecule has 0 aliphatic carbocycles. The van der Waals surface area contributed by atoms with Crippen molar-refractivity contribution in [3.63, 3.8) is 0 Å². The number of rotatable bonds is 9. The first-order chi connectivity index (χ1) is 14.1.